The van der Waals surface area contributed by atoms with E-state index in [0.29, 0.717) is 0 Å². The van der Waals surface area contributed by atoms with Crippen LogP contribution >= 0.6 is 11.8 Å². The van der Waals surface area contributed by atoms with Gasteiger partial charge in [0.25, 0.3) is 0 Å². The molecule has 0 fully saturated rings. The normalized spacial score (nSPS) is 10.8. The molecule has 108 valence electrons. The summed E-state index contributed by atoms with van der Waals surface area (Å²) in [7, 11) is 1.68. The number of fused-ring (bicyclic) bond motifs is 1. The topological polar surface area (TPSA) is 49.9 Å². The molecule has 0 spiro atoms. The summed E-state index contributed by atoms with van der Waals surface area (Å²) in [6, 6.07) is 14.2. The number of thioether (sulfide) groups is 1. The van der Waals surface area contributed by atoms with Crippen LogP contribution < -0.4 is 10.1 Å². The lowest BCUT2D eigenvalue weighted by molar-refractivity contribution is 0.414. The Morgan fingerprint density at radius 2 is 2.00 bits per heavy atom. The fraction of sp³-hybridized carbons (Fsp3) is 0.188. The van der Waals surface area contributed by atoms with Crippen molar-refractivity contribution in [3.05, 3.63) is 48.0 Å². The third-order valence-electron chi connectivity index (χ3n) is 3.31. The first-order valence-electron chi connectivity index (χ1n) is 6.69. The molecule has 0 saturated heterocycles. The fourth-order valence-electron chi connectivity index (χ4n) is 2.14. The van der Waals surface area contributed by atoms with Crippen LogP contribution in [-0.2, 0) is 6.54 Å². The molecule has 0 aliphatic heterocycles. The predicted molar refractivity (Wildman–Crippen MR) is 88.2 cm³/mol. The highest BCUT2D eigenvalue weighted by atomic mass is 32.2. The summed E-state index contributed by atoms with van der Waals surface area (Å²) < 4.78 is 5.16. The lowest BCUT2D eigenvalue weighted by Gasteiger charge is -2.07. The molecule has 0 atom stereocenters. The molecule has 0 radical (unpaired) electrons. The maximum atomic E-state index is 5.16. The van der Waals surface area contributed by atoms with Gasteiger partial charge in [0.1, 0.15) is 5.75 Å². The number of hydrogen-bond acceptors (Lipinski definition) is 4. The van der Waals surface area contributed by atoms with E-state index in [2.05, 4.69) is 39.6 Å². The van der Waals surface area contributed by atoms with Crippen LogP contribution in [-0.4, -0.2) is 23.3 Å². The van der Waals surface area contributed by atoms with E-state index in [1.165, 1.54) is 5.56 Å². The van der Waals surface area contributed by atoms with Crippen molar-refractivity contribution < 1.29 is 4.74 Å². The lowest BCUT2D eigenvalue weighted by Crippen LogP contribution is -1.99. The molecular formula is C16H17N3OS. The minimum absolute atomic E-state index is 0.777. The molecule has 0 unspecified atom stereocenters. The van der Waals surface area contributed by atoms with Gasteiger partial charge in [0.05, 0.1) is 18.1 Å². The quantitative estimate of drug-likeness (QED) is 0.701. The molecule has 3 rings (SSSR count). The number of methoxy groups -OCH3 is 1. The Labute approximate surface area is 127 Å². The number of imidazole rings is 1. The number of H-pyrrole nitrogens is 1. The summed E-state index contributed by atoms with van der Waals surface area (Å²) in [5, 5.41) is 4.36. The molecule has 5 heteroatoms. The number of nitrogens with one attached hydrogen (secondary N) is 2. The molecule has 0 bridgehead atoms. The van der Waals surface area contributed by atoms with Gasteiger partial charge in [-0.25, -0.2) is 4.98 Å². The summed E-state index contributed by atoms with van der Waals surface area (Å²) in [5.74, 6) is 0.877. The summed E-state index contributed by atoms with van der Waals surface area (Å²) in [4.78, 5) is 7.77. The van der Waals surface area contributed by atoms with E-state index in [1.54, 1.807) is 18.9 Å². The van der Waals surface area contributed by atoms with Gasteiger partial charge in [-0.15, -0.1) is 0 Å². The van der Waals surface area contributed by atoms with Crippen molar-refractivity contribution in [1.82, 2.24) is 9.97 Å². The minimum atomic E-state index is 0.777. The Balaban J connectivity index is 1.71. The molecule has 0 amide bonds. The van der Waals surface area contributed by atoms with Crippen molar-refractivity contribution >= 4 is 28.5 Å². The molecule has 1 heterocycles. The number of anilines is 1. The SMILES string of the molecule is COc1ccc(CNc2ccc3nc(SC)[nH]c3c2)cc1. The smallest absolute Gasteiger partial charge is 0.166 e. The molecule has 2 N–H and O–H groups in total. The second kappa shape index (κ2) is 6.10. The number of aromatic nitrogens is 2. The highest BCUT2D eigenvalue weighted by Crippen LogP contribution is 2.21. The van der Waals surface area contributed by atoms with Gasteiger partial charge in [-0.3, -0.25) is 0 Å². The highest BCUT2D eigenvalue weighted by Gasteiger charge is 2.03. The summed E-state index contributed by atoms with van der Waals surface area (Å²) >= 11 is 1.62. The maximum absolute atomic E-state index is 5.16. The molecule has 2 aromatic carbocycles. The number of benzene rings is 2. The average molecular weight is 299 g/mol. The third-order valence-corrected chi connectivity index (χ3v) is 3.89. The van der Waals surface area contributed by atoms with E-state index in [4.69, 9.17) is 4.74 Å². The van der Waals surface area contributed by atoms with E-state index in [1.807, 2.05) is 24.5 Å². The van der Waals surface area contributed by atoms with Crippen LogP contribution in [0.4, 0.5) is 5.69 Å². The number of hydrogen-bond donors (Lipinski definition) is 2. The maximum Gasteiger partial charge on any atom is 0.166 e. The first-order chi connectivity index (χ1) is 10.3. The average Bonchev–Trinajstić information content (AvgIpc) is 2.95. The van der Waals surface area contributed by atoms with Gasteiger partial charge >= 0.3 is 0 Å². The Morgan fingerprint density at radius 3 is 2.71 bits per heavy atom. The zero-order chi connectivity index (χ0) is 14.7. The van der Waals surface area contributed by atoms with E-state index in [9.17, 15) is 0 Å². The Morgan fingerprint density at radius 1 is 1.19 bits per heavy atom. The van der Waals surface area contributed by atoms with Crippen LogP contribution in [0.1, 0.15) is 5.56 Å². The van der Waals surface area contributed by atoms with Crippen molar-refractivity contribution in [3.8, 4) is 5.75 Å². The standard InChI is InChI=1S/C16H17N3OS/c1-20-13-6-3-11(4-7-13)10-17-12-5-8-14-15(9-12)19-16(18-14)21-2/h3-9,17H,10H2,1-2H3,(H,18,19). The van der Waals surface area contributed by atoms with Crippen molar-refractivity contribution in [2.75, 3.05) is 18.7 Å². The number of ether oxygens (including phenoxy) is 1. The first-order valence-corrected chi connectivity index (χ1v) is 7.91. The van der Waals surface area contributed by atoms with Crippen LogP contribution in [0.3, 0.4) is 0 Å². The lowest BCUT2D eigenvalue weighted by atomic mass is 10.2. The van der Waals surface area contributed by atoms with Gasteiger partial charge in [0.2, 0.25) is 0 Å². The van der Waals surface area contributed by atoms with Crippen molar-refractivity contribution in [2.45, 2.75) is 11.7 Å². The highest BCUT2D eigenvalue weighted by molar-refractivity contribution is 7.98. The molecule has 0 aliphatic carbocycles. The van der Waals surface area contributed by atoms with Crippen LogP contribution in [0.25, 0.3) is 11.0 Å². The van der Waals surface area contributed by atoms with Gasteiger partial charge in [0, 0.05) is 12.2 Å². The molecule has 1 aromatic heterocycles. The third kappa shape index (κ3) is 3.13. The van der Waals surface area contributed by atoms with E-state index >= 15 is 0 Å². The number of aromatic amines is 1. The van der Waals surface area contributed by atoms with E-state index < -0.39 is 0 Å². The van der Waals surface area contributed by atoms with Crippen molar-refractivity contribution in [2.24, 2.45) is 0 Å². The summed E-state index contributed by atoms with van der Waals surface area (Å²) in [6.45, 7) is 0.777. The van der Waals surface area contributed by atoms with Gasteiger partial charge in [-0.05, 0) is 42.2 Å². The van der Waals surface area contributed by atoms with Gasteiger partial charge < -0.3 is 15.0 Å². The van der Waals surface area contributed by atoms with Crippen LogP contribution in [0, 0.1) is 0 Å². The largest absolute Gasteiger partial charge is 0.497 e. The van der Waals surface area contributed by atoms with Crippen molar-refractivity contribution in [1.29, 1.82) is 0 Å². The first kappa shape index (κ1) is 13.8. The van der Waals surface area contributed by atoms with E-state index in [-0.39, 0.29) is 0 Å². The zero-order valence-corrected chi connectivity index (χ0v) is 12.8. The molecule has 0 saturated carbocycles. The molecule has 0 aliphatic rings. The molecule has 21 heavy (non-hydrogen) atoms. The summed E-state index contributed by atoms with van der Waals surface area (Å²) in [5.41, 5.74) is 4.34. The molecule has 4 nitrogen and oxygen atoms in total. The Bertz CT molecular complexity index is 737. The van der Waals surface area contributed by atoms with Gasteiger partial charge in [-0.2, -0.15) is 0 Å². The van der Waals surface area contributed by atoms with Gasteiger partial charge in [0.15, 0.2) is 5.16 Å². The van der Waals surface area contributed by atoms with Gasteiger partial charge in [-0.1, -0.05) is 23.9 Å². The van der Waals surface area contributed by atoms with Crippen LogP contribution in [0.15, 0.2) is 47.6 Å². The Hall–Kier alpha value is -2.14. The Kier molecular flexibility index (Phi) is 4.01. The van der Waals surface area contributed by atoms with Crippen molar-refractivity contribution in [3.63, 3.8) is 0 Å². The second-order valence-corrected chi connectivity index (χ2v) is 5.47. The molecule has 3 aromatic rings. The van der Waals surface area contributed by atoms with Crippen LogP contribution in [0.2, 0.25) is 0 Å². The monoisotopic (exact) mass is 299 g/mol. The number of nitrogens with zero attached hydrogens (tertiary/aromatic N) is 1. The fourth-order valence-corrected chi connectivity index (χ4v) is 2.54. The minimum Gasteiger partial charge on any atom is -0.497 e. The summed E-state index contributed by atoms with van der Waals surface area (Å²) in [6.07, 6.45) is 2.01. The zero-order valence-electron chi connectivity index (χ0n) is 12.0. The molecular weight excluding hydrogens is 282 g/mol. The number of rotatable bonds is 5. The predicted octanol–water partition coefficient (Wildman–Crippen LogP) is 3.91. The van der Waals surface area contributed by atoms with Crippen LogP contribution in [0.5, 0.6) is 5.75 Å². The second-order valence-electron chi connectivity index (χ2n) is 4.68. The van der Waals surface area contributed by atoms with E-state index in [0.717, 1.165) is 34.2 Å².